The number of likely N-dealkylation sites (N-methyl/N-ethyl adjacent to an activating group) is 2. The van der Waals surface area contributed by atoms with Crippen LogP contribution in [-0.2, 0) is 45.1 Å². The molecule has 0 saturated heterocycles. The molecule has 59 heavy (non-hydrogen) atoms. The van der Waals surface area contributed by atoms with E-state index in [0.29, 0.717) is 39.6 Å². The summed E-state index contributed by atoms with van der Waals surface area (Å²) in [7, 11) is 6.35. The molecule has 0 bridgehead atoms. The van der Waals surface area contributed by atoms with Gasteiger partial charge < -0.3 is 35.6 Å². The van der Waals surface area contributed by atoms with E-state index in [0.717, 1.165) is 11.1 Å². The highest BCUT2D eigenvalue weighted by atomic mass is 16.5. The van der Waals surface area contributed by atoms with E-state index in [1.165, 1.54) is 18.9 Å². The maximum absolute atomic E-state index is 14.1. The van der Waals surface area contributed by atoms with E-state index in [1.54, 1.807) is 95.0 Å². The van der Waals surface area contributed by atoms with Crippen LogP contribution < -0.4 is 41.3 Å². The summed E-state index contributed by atoms with van der Waals surface area (Å²) in [5, 5.41) is 5.71. The first kappa shape index (κ1) is 41.3. The maximum Gasteiger partial charge on any atom is 0.330 e. The van der Waals surface area contributed by atoms with Gasteiger partial charge in [0.1, 0.15) is 36.7 Å². The van der Waals surface area contributed by atoms with Crippen LogP contribution in [0.15, 0.2) is 132 Å². The Morgan fingerprint density at radius 3 is 1.41 bits per heavy atom. The Hall–Kier alpha value is -7.35. The number of hydrogen-bond acceptors (Lipinski definition) is 8. The van der Waals surface area contributed by atoms with E-state index in [2.05, 4.69) is 10.6 Å². The number of hydrogen-bond donors (Lipinski definition) is 3. The number of amides is 4. The van der Waals surface area contributed by atoms with Crippen LogP contribution in [0.1, 0.15) is 11.1 Å². The Bertz CT molecular complexity index is 2470. The predicted molar refractivity (Wildman–Crippen MR) is 228 cm³/mol. The lowest BCUT2D eigenvalue weighted by atomic mass is 10.0. The van der Waals surface area contributed by atoms with Crippen molar-refractivity contribution in [2.75, 3.05) is 43.8 Å². The Labute approximate surface area is 341 Å². The Morgan fingerprint density at radius 1 is 0.593 bits per heavy atom. The van der Waals surface area contributed by atoms with Crippen LogP contribution in [-0.4, -0.2) is 73.2 Å². The molecule has 14 nitrogen and oxygen atoms in total. The summed E-state index contributed by atoms with van der Waals surface area (Å²) < 4.78 is 13.0. The summed E-state index contributed by atoms with van der Waals surface area (Å²) in [6.45, 7) is -0.930. The largest absolute Gasteiger partial charge is 0.497 e. The number of rotatable bonds is 16. The van der Waals surface area contributed by atoms with Crippen molar-refractivity contribution >= 4 is 51.7 Å². The number of carbonyl (C=O) groups is 4. The van der Waals surface area contributed by atoms with Crippen molar-refractivity contribution in [2.24, 2.45) is 0 Å². The van der Waals surface area contributed by atoms with Gasteiger partial charge in [-0.25, -0.2) is 4.79 Å². The number of carbonyl (C=O) groups excluding carboxylic acids is 4. The molecule has 0 radical (unpaired) electrons. The van der Waals surface area contributed by atoms with Gasteiger partial charge in [-0.1, -0.05) is 60.7 Å². The lowest BCUT2D eigenvalue weighted by Gasteiger charge is -2.25. The predicted octanol–water partition coefficient (Wildman–Crippen LogP) is 4.18. The first-order valence-electron chi connectivity index (χ1n) is 18.9. The number of nitrogen functional groups attached to an aromatic ring is 1. The summed E-state index contributed by atoms with van der Waals surface area (Å²) in [5.74, 6) is -0.690. The highest BCUT2D eigenvalue weighted by Crippen LogP contribution is 2.22. The van der Waals surface area contributed by atoms with Crippen molar-refractivity contribution in [1.82, 2.24) is 19.8 Å². The third-order valence-electron chi connectivity index (χ3n) is 10.1. The van der Waals surface area contributed by atoms with Crippen LogP contribution in [0.4, 0.5) is 17.1 Å². The van der Waals surface area contributed by atoms with E-state index in [9.17, 15) is 24.0 Å². The molecule has 14 heteroatoms. The Kier molecular flexibility index (Phi) is 13.1. The minimum atomic E-state index is -0.993. The highest BCUT2D eigenvalue weighted by molar-refractivity contribution is 6.00. The van der Waals surface area contributed by atoms with Gasteiger partial charge in [-0.05, 0) is 77.9 Å². The third-order valence-corrected chi connectivity index (χ3v) is 10.1. The topological polar surface area (TPSA) is 170 Å². The molecule has 2 atom stereocenters. The van der Waals surface area contributed by atoms with Gasteiger partial charge in [-0.2, -0.15) is 0 Å². The lowest BCUT2D eigenvalue weighted by Crippen LogP contribution is -2.50. The molecule has 0 saturated carbocycles. The fourth-order valence-corrected chi connectivity index (χ4v) is 6.84. The Balaban J connectivity index is 1.24. The number of nitrogens with one attached hydrogen (secondary N) is 2. The molecule has 304 valence electrons. The van der Waals surface area contributed by atoms with Crippen molar-refractivity contribution in [3.8, 4) is 11.5 Å². The number of ether oxygens (including phenoxy) is 2. The van der Waals surface area contributed by atoms with E-state index < -0.39 is 42.7 Å². The smallest absolute Gasteiger partial charge is 0.330 e. The third kappa shape index (κ3) is 9.97. The zero-order valence-corrected chi connectivity index (χ0v) is 33.3. The fourth-order valence-electron chi connectivity index (χ4n) is 6.84. The van der Waals surface area contributed by atoms with E-state index >= 15 is 0 Å². The number of anilines is 3. The quantitative estimate of drug-likeness (QED) is 0.123. The van der Waals surface area contributed by atoms with Gasteiger partial charge in [-0.15, -0.1) is 0 Å². The molecule has 0 aliphatic rings. The summed E-state index contributed by atoms with van der Waals surface area (Å²) in [6.07, 6.45) is 0.377. The molecule has 4 amide bonds. The van der Waals surface area contributed by atoms with Gasteiger partial charge in [0.15, 0.2) is 0 Å². The minimum Gasteiger partial charge on any atom is -0.497 e. The summed E-state index contributed by atoms with van der Waals surface area (Å²) >= 11 is 0. The van der Waals surface area contributed by atoms with Crippen LogP contribution in [0.25, 0.3) is 11.0 Å². The van der Waals surface area contributed by atoms with Gasteiger partial charge in [0.2, 0.25) is 23.6 Å². The monoisotopic (exact) mass is 797 g/mol. The second-order valence-electron chi connectivity index (χ2n) is 14.0. The summed E-state index contributed by atoms with van der Waals surface area (Å²) in [5.41, 5.74) is 9.33. The minimum absolute atomic E-state index is 0.187. The van der Waals surface area contributed by atoms with Crippen molar-refractivity contribution in [3.63, 3.8) is 0 Å². The van der Waals surface area contributed by atoms with Gasteiger partial charge in [0.25, 0.3) is 0 Å². The molecule has 5 aromatic carbocycles. The second-order valence-corrected chi connectivity index (χ2v) is 14.0. The molecule has 1 aromatic heterocycles. The zero-order chi connectivity index (χ0) is 42.1. The first-order chi connectivity index (χ1) is 28.4. The van der Waals surface area contributed by atoms with E-state index in [-0.39, 0.29) is 24.7 Å². The van der Waals surface area contributed by atoms with Crippen LogP contribution in [0, 0.1) is 0 Å². The van der Waals surface area contributed by atoms with Crippen molar-refractivity contribution in [2.45, 2.75) is 38.0 Å². The normalized spacial score (nSPS) is 11.9. The van der Waals surface area contributed by atoms with Gasteiger partial charge in [-0.3, -0.25) is 28.3 Å². The average molecular weight is 798 g/mol. The number of imidazole rings is 1. The van der Waals surface area contributed by atoms with Gasteiger partial charge >= 0.3 is 5.69 Å². The van der Waals surface area contributed by atoms with Crippen LogP contribution >= 0.6 is 0 Å². The number of benzene rings is 5. The summed E-state index contributed by atoms with van der Waals surface area (Å²) in [6, 6.07) is 35.2. The molecular formula is C45H47N7O7. The zero-order valence-electron chi connectivity index (χ0n) is 33.3. The molecule has 0 fully saturated rings. The fraction of sp³-hybridized carbons (Fsp3) is 0.222. The van der Waals surface area contributed by atoms with Crippen LogP contribution in [0.2, 0.25) is 0 Å². The molecule has 1 heterocycles. The summed E-state index contributed by atoms with van der Waals surface area (Å²) in [4.78, 5) is 72.7. The SMILES string of the molecule is COc1ccc(N(C)C(=O)C(Cc2ccccc2)NC(=O)Cn2c(=O)n(CC(=O)N[C@@H](Cc3ccccc3)C(=O)N(C)c3ccc(OC)cc3)c3ccc(N)cc32)cc1. The van der Waals surface area contributed by atoms with E-state index in [1.807, 2.05) is 60.7 Å². The molecule has 0 aliphatic carbocycles. The maximum atomic E-state index is 14.1. The Morgan fingerprint density at radius 2 is 1.00 bits per heavy atom. The molecule has 0 aliphatic heterocycles. The number of fused-ring (bicyclic) bond motifs is 1. The number of nitrogens with zero attached hydrogens (tertiary/aromatic N) is 4. The molecule has 0 spiro atoms. The number of aromatic nitrogens is 2. The van der Waals surface area contributed by atoms with Gasteiger partial charge in [0.05, 0.1) is 25.3 Å². The molecule has 6 aromatic rings. The molecule has 1 unspecified atom stereocenters. The second kappa shape index (κ2) is 18.7. The van der Waals surface area contributed by atoms with Crippen LogP contribution in [0.5, 0.6) is 11.5 Å². The van der Waals surface area contributed by atoms with Crippen molar-refractivity contribution < 1.29 is 28.7 Å². The van der Waals surface area contributed by atoms with E-state index in [4.69, 9.17) is 15.2 Å². The standard InChI is InChI=1S/C45H47N7O7/c1-49(33-16-20-35(58-3)21-17-33)43(55)37(25-30-11-7-5-8-12-30)47-41(53)28-51-39-24-15-32(46)27-40(39)52(45(51)57)29-42(54)48-38(26-31-13-9-6-10-14-31)44(56)50(2)34-18-22-36(59-4)23-19-34/h5-24,27,37-38H,25-26,28-29,46H2,1-4H3,(H,47,53)(H,48,54)/t37-,38?/m0/s1. The van der Waals surface area contributed by atoms with Crippen molar-refractivity contribution in [1.29, 1.82) is 0 Å². The first-order valence-corrected chi connectivity index (χ1v) is 18.9. The number of nitrogens with two attached hydrogens (primary N) is 1. The molecule has 4 N–H and O–H groups in total. The highest BCUT2D eigenvalue weighted by Gasteiger charge is 2.29. The molecular weight excluding hydrogens is 751 g/mol. The molecule has 6 rings (SSSR count). The average Bonchev–Trinajstić information content (AvgIpc) is 3.50. The van der Waals surface area contributed by atoms with Gasteiger partial charge in [0, 0.05) is 44.0 Å². The lowest BCUT2D eigenvalue weighted by molar-refractivity contribution is -0.128. The van der Waals surface area contributed by atoms with Crippen molar-refractivity contribution in [3.05, 3.63) is 149 Å². The number of methoxy groups -OCH3 is 2. The van der Waals surface area contributed by atoms with Crippen LogP contribution in [0.3, 0.4) is 0 Å².